The number of nitrogens with zero attached hydrogens (tertiary/aromatic N) is 2. The molecule has 3 N–H and O–H groups in total. The number of rotatable bonds is 7. The summed E-state index contributed by atoms with van der Waals surface area (Å²) in [5.74, 6) is 1.65. The summed E-state index contributed by atoms with van der Waals surface area (Å²) in [4.78, 5) is 4.49. The molecule has 1 rings (SSSR count). The molecule has 0 aliphatic rings. The van der Waals surface area contributed by atoms with E-state index >= 15 is 0 Å². The Morgan fingerprint density at radius 3 is 2.56 bits per heavy atom. The van der Waals surface area contributed by atoms with E-state index in [0.29, 0.717) is 6.54 Å². The third-order valence-corrected chi connectivity index (χ3v) is 3.09. The molecule has 0 saturated carbocycles. The van der Waals surface area contributed by atoms with Crippen LogP contribution >= 0.6 is 0 Å². The van der Waals surface area contributed by atoms with Gasteiger partial charge in [-0.2, -0.15) is 5.10 Å². The van der Waals surface area contributed by atoms with Crippen molar-refractivity contribution in [3.8, 4) is 0 Å². The highest BCUT2D eigenvalue weighted by atomic mass is 16.5. The lowest BCUT2D eigenvalue weighted by Crippen LogP contribution is -2.28. The fourth-order valence-electron chi connectivity index (χ4n) is 1.83. The zero-order chi connectivity index (χ0) is 12.0. The lowest BCUT2D eigenvalue weighted by Gasteiger charge is -2.26. The maximum absolute atomic E-state index is 5.57. The quantitative estimate of drug-likeness (QED) is 0.736. The van der Waals surface area contributed by atoms with Crippen LogP contribution in [0.2, 0.25) is 0 Å². The van der Waals surface area contributed by atoms with Gasteiger partial charge in [0, 0.05) is 13.5 Å². The minimum atomic E-state index is -0.350. The van der Waals surface area contributed by atoms with Crippen LogP contribution < -0.4 is 5.73 Å². The van der Waals surface area contributed by atoms with Crippen LogP contribution in [0.1, 0.15) is 44.8 Å². The van der Waals surface area contributed by atoms with Crippen molar-refractivity contribution < 1.29 is 4.74 Å². The number of aromatic amines is 1. The van der Waals surface area contributed by atoms with E-state index in [0.717, 1.165) is 37.3 Å². The molecule has 1 aromatic rings. The molecule has 0 aromatic carbocycles. The molecule has 0 aliphatic carbocycles. The van der Waals surface area contributed by atoms with Crippen LogP contribution in [-0.2, 0) is 16.8 Å². The van der Waals surface area contributed by atoms with E-state index in [1.807, 2.05) is 0 Å². The maximum Gasteiger partial charge on any atom is 0.182 e. The lowest BCUT2D eigenvalue weighted by molar-refractivity contribution is -0.0289. The Kier molecular flexibility index (Phi) is 4.89. The predicted molar refractivity (Wildman–Crippen MR) is 63.0 cm³/mol. The van der Waals surface area contributed by atoms with Crippen molar-refractivity contribution in [1.82, 2.24) is 15.2 Å². The fourth-order valence-corrected chi connectivity index (χ4v) is 1.83. The van der Waals surface area contributed by atoms with Gasteiger partial charge in [-0.1, -0.05) is 13.8 Å². The molecule has 0 radical (unpaired) electrons. The molecule has 0 aliphatic heterocycles. The van der Waals surface area contributed by atoms with Crippen molar-refractivity contribution in [2.45, 2.75) is 45.1 Å². The van der Waals surface area contributed by atoms with Crippen LogP contribution in [0.5, 0.6) is 0 Å². The van der Waals surface area contributed by atoms with Gasteiger partial charge in [0.2, 0.25) is 0 Å². The minimum absolute atomic E-state index is 0.350. The number of hydrogen-bond acceptors (Lipinski definition) is 4. The Bertz CT molecular complexity index is 298. The van der Waals surface area contributed by atoms with E-state index < -0.39 is 0 Å². The molecule has 1 heterocycles. The number of nitrogens with two attached hydrogens (primary N) is 1. The van der Waals surface area contributed by atoms with Gasteiger partial charge in [-0.25, -0.2) is 4.98 Å². The van der Waals surface area contributed by atoms with E-state index in [2.05, 4.69) is 29.0 Å². The molecular formula is C11H22N4O. The maximum atomic E-state index is 5.57. The first-order valence-electron chi connectivity index (χ1n) is 5.89. The highest BCUT2D eigenvalue weighted by Crippen LogP contribution is 2.29. The molecule has 16 heavy (non-hydrogen) atoms. The van der Waals surface area contributed by atoms with E-state index in [1.54, 1.807) is 7.11 Å². The second-order valence-electron chi connectivity index (χ2n) is 3.90. The Labute approximate surface area is 96.8 Å². The highest BCUT2D eigenvalue weighted by molar-refractivity contribution is 5.02. The summed E-state index contributed by atoms with van der Waals surface area (Å²) in [5.41, 5.74) is 5.11. The van der Waals surface area contributed by atoms with E-state index in [4.69, 9.17) is 10.5 Å². The van der Waals surface area contributed by atoms with Crippen LogP contribution in [0.15, 0.2) is 0 Å². The third kappa shape index (κ3) is 2.59. The van der Waals surface area contributed by atoms with Gasteiger partial charge in [0.15, 0.2) is 5.82 Å². The van der Waals surface area contributed by atoms with Gasteiger partial charge in [0.1, 0.15) is 11.4 Å². The molecule has 0 spiro atoms. The van der Waals surface area contributed by atoms with Gasteiger partial charge in [-0.3, -0.25) is 5.10 Å². The zero-order valence-electron chi connectivity index (χ0n) is 10.4. The monoisotopic (exact) mass is 226 g/mol. The summed E-state index contributed by atoms with van der Waals surface area (Å²) in [6.07, 6.45) is 3.51. The molecule has 0 bridgehead atoms. The number of H-pyrrole nitrogens is 1. The van der Waals surface area contributed by atoms with Gasteiger partial charge >= 0.3 is 0 Å². The first-order valence-corrected chi connectivity index (χ1v) is 5.89. The number of hydrogen-bond donors (Lipinski definition) is 2. The fraction of sp³-hybridized carbons (Fsp3) is 0.818. The average Bonchev–Trinajstić information content (AvgIpc) is 2.79. The molecule has 5 heteroatoms. The SMILES string of the molecule is CCC(CC)(OC)c1n[nH]c(CCCN)n1. The Morgan fingerprint density at radius 2 is 2.06 bits per heavy atom. The highest BCUT2D eigenvalue weighted by Gasteiger charge is 2.32. The smallest absolute Gasteiger partial charge is 0.182 e. The first kappa shape index (κ1) is 13.1. The van der Waals surface area contributed by atoms with Gasteiger partial charge in [0.25, 0.3) is 0 Å². The van der Waals surface area contributed by atoms with Crippen molar-refractivity contribution in [2.75, 3.05) is 13.7 Å². The Morgan fingerprint density at radius 1 is 1.38 bits per heavy atom. The van der Waals surface area contributed by atoms with Crippen molar-refractivity contribution in [1.29, 1.82) is 0 Å². The number of ether oxygens (including phenoxy) is 1. The molecular weight excluding hydrogens is 204 g/mol. The molecule has 0 atom stereocenters. The second-order valence-corrected chi connectivity index (χ2v) is 3.90. The van der Waals surface area contributed by atoms with Gasteiger partial charge in [-0.05, 0) is 25.8 Å². The largest absolute Gasteiger partial charge is 0.370 e. The van der Waals surface area contributed by atoms with Crippen LogP contribution in [0.4, 0.5) is 0 Å². The second kappa shape index (κ2) is 5.96. The zero-order valence-corrected chi connectivity index (χ0v) is 10.4. The van der Waals surface area contributed by atoms with Crippen LogP contribution in [-0.4, -0.2) is 28.8 Å². The summed E-state index contributed by atoms with van der Waals surface area (Å²) in [7, 11) is 1.71. The number of aryl methyl sites for hydroxylation is 1. The van der Waals surface area contributed by atoms with Gasteiger partial charge in [0.05, 0.1) is 0 Å². The van der Waals surface area contributed by atoms with Crippen molar-refractivity contribution in [3.05, 3.63) is 11.6 Å². The summed E-state index contributed by atoms with van der Waals surface area (Å²) >= 11 is 0. The summed E-state index contributed by atoms with van der Waals surface area (Å²) in [6.45, 7) is 4.85. The lowest BCUT2D eigenvalue weighted by atomic mass is 9.96. The molecule has 0 saturated heterocycles. The standard InChI is InChI=1S/C11H22N4O/c1-4-11(5-2,16-3)10-13-9(14-15-10)7-6-8-12/h4-8,12H2,1-3H3,(H,13,14,15). The molecule has 1 aromatic heterocycles. The first-order chi connectivity index (χ1) is 7.72. The van der Waals surface area contributed by atoms with E-state index in [9.17, 15) is 0 Å². The van der Waals surface area contributed by atoms with Crippen LogP contribution in [0.25, 0.3) is 0 Å². The van der Waals surface area contributed by atoms with E-state index in [-0.39, 0.29) is 5.60 Å². The predicted octanol–water partition coefficient (Wildman–Crippen LogP) is 1.36. The Hall–Kier alpha value is -0.940. The molecule has 0 fully saturated rings. The minimum Gasteiger partial charge on any atom is -0.370 e. The molecule has 0 unspecified atom stereocenters. The number of nitrogens with one attached hydrogen (secondary N) is 1. The van der Waals surface area contributed by atoms with Gasteiger partial charge < -0.3 is 10.5 Å². The summed E-state index contributed by atoms with van der Waals surface area (Å²) in [5, 5.41) is 7.20. The van der Waals surface area contributed by atoms with Gasteiger partial charge in [-0.15, -0.1) is 0 Å². The molecule has 0 amide bonds. The molecule has 92 valence electrons. The normalized spacial score (nSPS) is 12.0. The van der Waals surface area contributed by atoms with E-state index in [1.165, 1.54) is 0 Å². The molecule has 5 nitrogen and oxygen atoms in total. The van der Waals surface area contributed by atoms with Crippen LogP contribution in [0, 0.1) is 0 Å². The third-order valence-electron chi connectivity index (χ3n) is 3.09. The summed E-state index contributed by atoms with van der Waals surface area (Å²) < 4.78 is 5.57. The Balaban J connectivity index is 2.81. The topological polar surface area (TPSA) is 76.8 Å². The average molecular weight is 226 g/mol. The number of aromatic nitrogens is 3. The summed E-state index contributed by atoms with van der Waals surface area (Å²) in [6, 6.07) is 0. The van der Waals surface area contributed by atoms with Crippen molar-refractivity contribution in [3.63, 3.8) is 0 Å². The number of methoxy groups -OCH3 is 1. The van der Waals surface area contributed by atoms with Crippen molar-refractivity contribution >= 4 is 0 Å². The van der Waals surface area contributed by atoms with Crippen LogP contribution in [0.3, 0.4) is 0 Å². The van der Waals surface area contributed by atoms with Crippen molar-refractivity contribution in [2.24, 2.45) is 5.73 Å².